The Morgan fingerprint density at radius 1 is 1.10 bits per heavy atom. The molecule has 0 fully saturated rings. The number of alkyl halides is 9. The standard InChI is InChI=1S/C11H10BrF8N/c1-5-3-7(21-8(12,4-5)6(2)13)9(14,10(15,16)17)11(18,19)20/h3-4,6,21H,1-2H3. The van der Waals surface area contributed by atoms with Gasteiger partial charge in [0.25, 0.3) is 0 Å². The molecule has 0 bridgehead atoms. The number of rotatable bonds is 2. The summed E-state index contributed by atoms with van der Waals surface area (Å²) >= 11 is 2.66. The summed E-state index contributed by atoms with van der Waals surface area (Å²) in [4.78, 5) is 0. The Bertz CT molecular complexity index is 462. The van der Waals surface area contributed by atoms with Crippen LogP contribution in [0.15, 0.2) is 23.4 Å². The zero-order valence-electron chi connectivity index (χ0n) is 10.6. The first-order valence-electron chi connectivity index (χ1n) is 5.50. The van der Waals surface area contributed by atoms with E-state index in [0.717, 1.165) is 19.9 Å². The predicted molar refractivity (Wildman–Crippen MR) is 63.2 cm³/mol. The number of allylic oxidation sites excluding steroid dienone is 3. The fraction of sp³-hybridized carbons (Fsp3) is 0.636. The van der Waals surface area contributed by atoms with E-state index in [1.54, 1.807) is 5.32 Å². The van der Waals surface area contributed by atoms with Crippen molar-refractivity contribution in [3.8, 4) is 0 Å². The third-order valence-electron chi connectivity index (χ3n) is 2.87. The van der Waals surface area contributed by atoms with E-state index in [1.807, 2.05) is 0 Å². The van der Waals surface area contributed by atoms with Crippen molar-refractivity contribution in [2.24, 2.45) is 0 Å². The largest absolute Gasteiger partial charge is 0.437 e. The first kappa shape index (κ1) is 18.2. The lowest BCUT2D eigenvalue weighted by atomic mass is 9.93. The first-order valence-corrected chi connectivity index (χ1v) is 6.29. The third kappa shape index (κ3) is 3.04. The van der Waals surface area contributed by atoms with Gasteiger partial charge in [0.2, 0.25) is 0 Å². The van der Waals surface area contributed by atoms with Crippen LogP contribution in [0.2, 0.25) is 0 Å². The van der Waals surface area contributed by atoms with Gasteiger partial charge in [-0.05, 0) is 31.6 Å². The quantitative estimate of drug-likeness (QED) is 0.411. The van der Waals surface area contributed by atoms with Crippen molar-refractivity contribution in [1.29, 1.82) is 0 Å². The van der Waals surface area contributed by atoms with E-state index >= 15 is 0 Å². The van der Waals surface area contributed by atoms with Crippen molar-refractivity contribution in [2.75, 3.05) is 0 Å². The van der Waals surface area contributed by atoms with Gasteiger partial charge in [0.05, 0.1) is 5.70 Å². The van der Waals surface area contributed by atoms with Gasteiger partial charge in [-0.2, -0.15) is 26.3 Å². The Morgan fingerprint density at radius 2 is 1.52 bits per heavy atom. The lowest BCUT2D eigenvalue weighted by Gasteiger charge is -2.39. The second kappa shape index (κ2) is 5.13. The summed E-state index contributed by atoms with van der Waals surface area (Å²) in [5, 5.41) is 1.62. The molecule has 0 aromatic heterocycles. The van der Waals surface area contributed by atoms with Gasteiger partial charge in [-0.25, -0.2) is 8.78 Å². The number of dihydropyridines is 1. The number of nitrogens with one attached hydrogen (secondary N) is 1. The Balaban J connectivity index is 3.46. The Kier molecular flexibility index (Phi) is 4.46. The van der Waals surface area contributed by atoms with E-state index in [4.69, 9.17) is 0 Å². The van der Waals surface area contributed by atoms with E-state index in [0.29, 0.717) is 6.08 Å². The highest BCUT2D eigenvalue weighted by atomic mass is 79.9. The van der Waals surface area contributed by atoms with E-state index in [1.165, 1.54) is 0 Å². The summed E-state index contributed by atoms with van der Waals surface area (Å²) in [7, 11) is 0. The minimum atomic E-state index is -6.25. The molecule has 0 saturated carbocycles. The summed E-state index contributed by atoms with van der Waals surface area (Å²) in [5.74, 6) is 0. The zero-order chi connectivity index (χ0) is 16.9. The molecule has 0 aromatic rings. The molecule has 0 aliphatic carbocycles. The summed E-state index contributed by atoms with van der Waals surface area (Å²) in [6.07, 6.45) is -13.1. The predicted octanol–water partition coefficient (Wildman–Crippen LogP) is 4.70. The minimum absolute atomic E-state index is 0.152. The first-order chi connectivity index (χ1) is 9.15. The Labute approximate surface area is 123 Å². The maximum Gasteiger partial charge on any atom is 0.437 e. The molecular formula is C11H10BrF8N. The van der Waals surface area contributed by atoms with Crippen LogP contribution in [0.1, 0.15) is 13.8 Å². The minimum Gasteiger partial charge on any atom is -0.365 e. The van der Waals surface area contributed by atoms with Crippen LogP contribution in [0.25, 0.3) is 0 Å². The molecule has 0 spiro atoms. The summed E-state index contributed by atoms with van der Waals surface area (Å²) in [6.45, 7) is 2.03. The van der Waals surface area contributed by atoms with Crippen LogP contribution in [-0.2, 0) is 0 Å². The molecule has 1 N–H and O–H groups in total. The van der Waals surface area contributed by atoms with Crippen LogP contribution in [0.3, 0.4) is 0 Å². The molecule has 21 heavy (non-hydrogen) atoms. The van der Waals surface area contributed by atoms with Gasteiger partial charge in [-0.3, -0.25) is 0 Å². The van der Waals surface area contributed by atoms with Crippen LogP contribution >= 0.6 is 15.9 Å². The van der Waals surface area contributed by atoms with E-state index in [-0.39, 0.29) is 5.57 Å². The molecule has 1 aliphatic rings. The number of hydrogen-bond donors (Lipinski definition) is 1. The summed E-state index contributed by atoms with van der Waals surface area (Å²) in [6, 6.07) is 0. The molecule has 1 aliphatic heterocycles. The Hall–Kier alpha value is -0.800. The molecule has 10 heteroatoms. The van der Waals surface area contributed by atoms with Crippen molar-refractivity contribution in [3.63, 3.8) is 0 Å². The van der Waals surface area contributed by atoms with Crippen LogP contribution in [0.5, 0.6) is 0 Å². The molecule has 2 atom stereocenters. The van der Waals surface area contributed by atoms with Crippen LogP contribution in [-0.4, -0.2) is 28.6 Å². The highest BCUT2D eigenvalue weighted by Crippen LogP contribution is 2.51. The molecule has 0 radical (unpaired) electrons. The number of hydrogen-bond acceptors (Lipinski definition) is 1. The van der Waals surface area contributed by atoms with Crippen molar-refractivity contribution >= 4 is 15.9 Å². The zero-order valence-corrected chi connectivity index (χ0v) is 12.2. The van der Waals surface area contributed by atoms with E-state index < -0.39 is 34.3 Å². The maximum atomic E-state index is 13.9. The average molecular weight is 388 g/mol. The highest BCUT2D eigenvalue weighted by molar-refractivity contribution is 9.10. The van der Waals surface area contributed by atoms with Crippen molar-refractivity contribution in [3.05, 3.63) is 23.4 Å². The van der Waals surface area contributed by atoms with E-state index in [9.17, 15) is 35.1 Å². The lowest BCUT2D eigenvalue weighted by molar-refractivity contribution is -0.328. The number of halogens is 9. The van der Waals surface area contributed by atoms with Gasteiger partial charge in [0, 0.05) is 0 Å². The van der Waals surface area contributed by atoms with Crippen LogP contribution in [0, 0.1) is 0 Å². The van der Waals surface area contributed by atoms with Crippen molar-refractivity contribution in [2.45, 2.75) is 42.5 Å². The molecule has 1 rings (SSSR count). The molecule has 2 unspecified atom stereocenters. The molecule has 1 nitrogen and oxygen atoms in total. The fourth-order valence-electron chi connectivity index (χ4n) is 1.75. The van der Waals surface area contributed by atoms with Crippen LogP contribution < -0.4 is 5.32 Å². The van der Waals surface area contributed by atoms with Gasteiger partial charge < -0.3 is 5.32 Å². The highest BCUT2D eigenvalue weighted by Gasteiger charge is 2.75. The van der Waals surface area contributed by atoms with E-state index in [2.05, 4.69) is 15.9 Å². The maximum absolute atomic E-state index is 13.9. The van der Waals surface area contributed by atoms with Gasteiger partial charge in [-0.1, -0.05) is 15.9 Å². The summed E-state index contributed by atoms with van der Waals surface area (Å²) in [5.41, 5.74) is -7.59. The topological polar surface area (TPSA) is 12.0 Å². The smallest absolute Gasteiger partial charge is 0.365 e. The van der Waals surface area contributed by atoms with Crippen LogP contribution in [0.4, 0.5) is 35.1 Å². The second-order valence-electron chi connectivity index (χ2n) is 4.61. The SMILES string of the molecule is CC1=CC(Br)(C(C)F)NC(C(F)(C(F)(F)F)C(F)(F)F)=C1. The summed E-state index contributed by atoms with van der Waals surface area (Å²) < 4.78 is 101. The molecule has 0 aromatic carbocycles. The fourth-order valence-corrected chi connectivity index (χ4v) is 2.32. The van der Waals surface area contributed by atoms with Gasteiger partial charge in [0.1, 0.15) is 10.6 Å². The lowest BCUT2D eigenvalue weighted by Crippen LogP contribution is -2.61. The average Bonchev–Trinajstić information content (AvgIpc) is 2.23. The molecule has 0 saturated heterocycles. The van der Waals surface area contributed by atoms with Crippen molar-refractivity contribution in [1.82, 2.24) is 5.32 Å². The van der Waals surface area contributed by atoms with Gasteiger partial charge in [-0.15, -0.1) is 0 Å². The second-order valence-corrected chi connectivity index (χ2v) is 5.92. The Morgan fingerprint density at radius 3 is 1.86 bits per heavy atom. The van der Waals surface area contributed by atoms with Crippen molar-refractivity contribution < 1.29 is 35.1 Å². The van der Waals surface area contributed by atoms with Gasteiger partial charge >= 0.3 is 18.0 Å². The third-order valence-corrected chi connectivity index (χ3v) is 3.93. The molecule has 122 valence electrons. The molecular weight excluding hydrogens is 378 g/mol. The normalized spacial score (nSPS) is 25.9. The van der Waals surface area contributed by atoms with Gasteiger partial charge in [0.15, 0.2) is 0 Å². The molecule has 1 heterocycles. The monoisotopic (exact) mass is 387 g/mol. The molecule has 0 amide bonds.